The molecule has 18 heteroatoms. The number of amides is 6. The first-order valence-electron chi connectivity index (χ1n) is 16.9. The molecule has 0 bridgehead atoms. The lowest BCUT2D eigenvalue weighted by molar-refractivity contribution is -0.158. The van der Waals surface area contributed by atoms with E-state index in [1.165, 1.54) is 31.3 Å². The first-order chi connectivity index (χ1) is 25.0. The molecule has 6 amide bonds. The zero-order chi connectivity index (χ0) is 40.1. The van der Waals surface area contributed by atoms with Crippen molar-refractivity contribution in [1.82, 2.24) is 15.1 Å². The number of carbonyl (C=O) groups is 7. The number of ether oxygens (including phenoxy) is 4. The summed E-state index contributed by atoms with van der Waals surface area (Å²) in [6, 6.07) is 4.97. The van der Waals surface area contributed by atoms with Crippen LogP contribution in [0.5, 0.6) is 0 Å². The van der Waals surface area contributed by atoms with Crippen LogP contribution in [0.2, 0.25) is 0 Å². The monoisotopic (exact) mass is 773 g/mol. The third kappa shape index (κ3) is 7.88. The molecule has 16 nitrogen and oxygen atoms in total. The number of benzene rings is 2. The number of nitrogens with zero attached hydrogens (tertiary/aromatic N) is 2. The number of carbonyl (C=O) groups excluding carboxylic acids is 7. The predicted octanol–water partition coefficient (Wildman–Crippen LogP) is 4.55. The number of urea groups is 1. The molecule has 0 saturated carbocycles. The Bertz CT molecular complexity index is 1970. The fraction of sp³-hybridized carbons (Fsp3) is 0.486. The molecule has 2 spiro atoms. The lowest BCUT2D eigenvalue weighted by atomic mass is 9.94. The smallest absolute Gasteiger partial charge is 0.418 e. The summed E-state index contributed by atoms with van der Waals surface area (Å²) in [6.07, 6.45) is -1.44. The molecule has 2 fully saturated rings. The summed E-state index contributed by atoms with van der Waals surface area (Å²) in [5, 5.41) is 4.68. The van der Waals surface area contributed by atoms with Gasteiger partial charge in [0.25, 0.3) is 11.8 Å². The van der Waals surface area contributed by atoms with Crippen LogP contribution in [0.4, 0.5) is 34.5 Å². The average molecular weight is 774 g/mol. The van der Waals surface area contributed by atoms with Crippen molar-refractivity contribution >= 4 is 53.3 Å². The van der Waals surface area contributed by atoms with Crippen LogP contribution in [-0.2, 0) is 62.2 Å². The summed E-state index contributed by atoms with van der Waals surface area (Å²) < 4.78 is 50.0. The molecule has 4 N–H and O–H groups in total. The van der Waals surface area contributed by atoms with E-state index in [-0.39, 0.29) is 66.7 Å². The van der Waals surface area contributed by atoms with Crippen molar-refractivity contribution in [3.63, 3.8) is 0 Å². The van der Waals surface area contributed by atoms with Crippen LogP contribution in [0.3, 0.4) is 0 Å². The molecule has 2 saturated heterocycles. The number of fused-ring (bicyclic) bond motifs is 4. The van der Waals surface area contributed by atoms with Gasteiger partial charge in [0.05, 0.1) is 11.4 Å². The van der Waals surface area contributed by atoms with Crippen LogP contribution >= 0.6 is 0 Å². The number of anilines is 2. The highest BCUT2D eigenvalue weighted by molar-refractivity contribution is 6.07. The molecule has 298 valence electrons. The molecule has 2 atom stereocenters. The van der Waals surface area contributed by atoms with Gasteiger partial charge in [-0.3, -0.25) is 19.2 Å². The van der Waals surface area contributed by atoms with Crippen molar-refractivity contribution in [3.05, 3.63) is 58.2 Å². The Labute approximate surface area is 315 Å². The molecule has 0 aromatic heterocycles. The number of hydrogen-bond donors (Lipinski definition) is 3. The zero-order valence-electron chi connectivity index (χ0n) is 30.8. The fourth-order valence-corrected chi connectivity index (χ4v) is 6.69. The van der Waals surface area contributed by atoms with Gasteiger partial charge < -0.3 is 35.3 Å². The summed E-state index contributed by atoms with van der Waals surface area (Å²) >= 11 is 0. The number of imide groups is 2. The maximum absolute atomic E-state index is 14.8. The topological polar surface area (TPSA) is 213 Å². The molecule has 2 aliphatic carbocycles. The molecular weight excluding hydrogens is 728 g/mol. The standard InChI is InChI=1S/C19H22FN3O6.C17H19FN2O5.CH4/c1-18(2,3)28-13(24)9-23-15(25)19(29-17(23)27)8-7-10-11(19)5-6-12(14(10)20)22-16(26)21-4;1-16(2,3)24-12(21)8-20-14(22)17(25-15(20)23)7-6-9-10(17)4-5-11(19)13(9)18;/h5-6H,7-9H2,1-4H3,(H2,21,22,26);4-5H,6-8,19H2,1-3H3;1H4. The summed E-state index contributed by atoms with van der Waals surface area (Å²) in [5.74, 6) is -4.21. The Kier molecular flexibility index (Phi) is 11.3. The molecule has 2 unspecified atom stereocenters. The Morgan fingerprint density at radius 3 is 1.60 bits per heavy atom. The normalized spacial score (nSPS) is 21.0. The Balaban J connectivity index is 0.000000243. The van der Waals surface area contributed by atoms with E-state index < -0.39 is 89.1 Å². The highest BCUT2D eigenvalue weighted by atomic mass is 19.1. The quantitative estimate of drug-likeness (QED) is 0.217. The van der Waals surface area contributed by atoms with Gasteiger partial charge in [-0.25, -0.2) is 33.0 Å². The van der Waals surface area contributed by atoms with Gasteiger partial charge in [-0.05, 0) is 77.6 Å². The minimum absolute atomic E-state index is 0. The molecular formula is C37H45F2N5O11. The molecule has 2 aromatic carbocycles. The van der Waals surface area contributed by atoms with Gasteiger partial charge in [0, 0.05) is 31.0 Å². The first kappa shape index (κ1) is 41.9. The lowest BCUT2D eigenvalue weighted by Crippen LogP contribution is -2.41. The van der Waals surface area contributed by atoms with Crippen molar-refractivity contribution in [2.45, 2.75) is 97.1 Å². The number of nitrogens with one attached hydrogen (secondary N) is 2. The molecule has 6 rings (SSSR count). The summed E-state index contributed by atoms with van der Waals surface area (Å²) in [4.78, 5) is 87.1. The Morgan fingerprint density at radius 1 is 0.764 bits per heavy atom. The van der Waals surface area contributed by atoms with E-state index in [0.717, 1.165) is 0 Å². The van der Waals surface area contributed by atoms with E-state index in [1.807, 2.05) is 0 Å². The van der Waals surface area contributed by atoms with E-state index in [1.54, 1.807) is 41.5 Å². The lowest BCUT2D eigenvalue weighted by Gasteiger charge is -2.22. The van der Waals surface area contributed by atoms with Gasteiger partial charge in [0.15, 0.2) is 0 Å². The molecule has 2 heterocycles. The van der Waals surface area contributed by atoms with Crippen molar-refractivity contribution in [1.29, 1.82) is 0 Å². The van der Waals surface area contributed by atoms with Crippen LogP contribution in [0.25, 0.3) is 0 Å². The molecule has 55 heavy (non-hydrogen) atoms. The molecule has 4 aliphatic rings. The second-order valence-corrected chi connectivity index (χ2v) is 15.0. The number of nitrogens with two attached hydrogens (primary N) is 1. The number of nitrogen functional groups attached to an aromatic ring is 1. The van der Waals surface area contributed by atoms with Gasteiger partial charge >= 0.3 is 30.2 Å². The zero-order valence-corrected chi connectivity index (χ0v) is 30.8. The summed E-state index contributed by atoms with van der Waals surface area (Å²) in [5.41, 5.74) is 1.61. The second-order valence-electron chi connectivity index (χ2n) is 15.0. The number of halogens is 2. The van der Waals surface area contributed by atoms with Crippen molar-refractivity contribution in [2.75, 3.05) is 31.2 Å². The summed E-state index contributed by atoms with van der Waals surface area (Å²) in [7, 11) is 1.39. The van der Waals surface area contributed by atoms with Gasteiger partial charge in [0.2, 0.25) is 11.2 Å². The Morgan fingerprint density at radius 2 is 1.18 bits per heavy atom. The van der Waals surface area contributed by atoms with E-state index in [2.05, 4.69) is 10.6 Å². The second kappa shape index (κ2) is 14.8. The van der Waals surface area contributed by atoms with Crippen LogP contribution in [0.1, 0.15) is 84.1 Å². The molecule has 2 aliphatic heterocycles. The largest absolute Gasteiger partial charge is 0.459 e. The van der Waals surface area contributed by atoms with Crippen molar-refractivity contribution < 1.29 is 61.3 Å². The molecule has 0 radical (unpaired) electrons. The first-order valence-corrected chi connectivity index (χ1v) is 16.9. The molecule has 2 aromatic rings. The predicted molar refractivity (Wildman–Crippen MR) is 190 cm³/mol. The minimum atomic E-state index is -1.68. The van der Waals surface area contributed by atoms with E-state index in [4.69, 9.17) is 24.7 Å². The van der Waals surface area contributed by atoms with Crippen LogP contribution in [0.15, 0.2) is 24.3 Å². The third-order valence-electron chi connectivity index (χ3n) is 8.88. The minimum Gasteiger partial charge on any atom is -0.459 e. The number of esters is 2. The van der Waals surface area contributed by atoms with Gasteiger partial charge in [-0.2, -0.15) is 0 Å². The maximum atomic E-state index is 14.8. The van der Waals surface area contributed by atoms with Gasteiger partial charge in [0.1, 0.15) is 35.9 Å². The van der Waals surface area contributed by atoms with E-state index in [9.17, 15) is 42.3 Å². The van der Waals surface area contributed by atoms with Gasteiger partial charge in [-0.1, -0.05) is 19.6 Å². The number of rotatable bonds is 5. The SMILES string of the molecule is C.CC(C)(C)OC(=O)CN1C(=O)OC2(CCc3c2ccc(N)c3F)C1=O.CNC(=O)Nc1ccc2c(c1F)CCC21OC(=O)N(CC(=O)OC(C)(C)C)C1=O. The Hall–Kier alpha value is -5.81. The van der Waals surface area contributed by atoms with Crippen molar-refractivity contribution in [3.8, 4) is 0 Å². The van der Waals surface area contributed by atoms with Crippen LogP contribution < -0.4 is 16.4 Å². The maximum Gasteiger partial charge on any atom is 0.418 e. The van der Waals surface area contributed by atoms with Gasteiger partial charge in [-0.15, -0.1) is 0 Å². The fourth-order valence-electron chi connectivity index (χ4n) is 6.69. The highest BCUT2D eigenvalue weighted by Gasteiger charge is 2.60. The van der Waals surface area contributed by atoms with Crippen LogP contribution in [0, 0.1) is 11.6 Å². The van der Waals surface area contributed by atoms with Crippen molar-refractivity contribution in [2.24, 2.45) is 0 Å². The van der Waals surface area contributed by atoms with E-state index in [0.29, 0.717) is 9.80 Å². The highest BCUT2D eigenvalue weighted by Crippen LogP contribution is 2.48. The third-order valence-corrected chi connectivity index (χ3v) is 8.88. The number of hydrogen-bond acceptors (Lipinski definition) is 12. The average Bonchev–Trinajstić information content (AvgIpc) is 3.75. The van der Waals surface area contributed by atoms with Crippen LogP contribution in [-0.4, -0.2) is 83.1 Å². The van der Waals surface area contributed by atoms with E-state index >= 15 is 0 Å². The summed E-state index contributed by atoms with van der Waals surface area (Å²) in [6.45, 7) is 8.88.